The lowest BCUT2D eigenvalue weighted by molar-refractivity contribution is -0.162. The maximum atomic E-state index is 5.73. The molecule has 0 aromatic heterocycles. The van der Waals surface area contributed by atoms with Crippen LogP contribution in [0.5, 0.6) is 0 Å². The molecule has 3 rings (SSSR count). The van der Waals surface area contributed by atoms with E-state index in [1.165, 1.54) is 38.0 Å². The van der Waals surface area contributed by atoms with Gasteiger partial charge in [-0.2, -0.15) is 0 Å². The molecular weight excluding hydrogens is 202 g/mol. The highest BCUT2D eigenvalue weighted by atomic mass is 16.7. The van der Waals surface area contributed by atoms with Crippen LogP contribution in [-0.2, 0) is 9.47 Å². The summed E-state index contributed by atoms with van der Waals surface area (Å²) < 4.78 is 11.5. The van der Waals surface area contributed by atoms with Gasteiger partial charge in [-0.3, -0.25) is 0 Å². The van der Waals surface area contributed by atoms with Gasteiger partial charge in [-0.1, -0.05) is 6.08 Å². The summed E-state index contributed by atoms with van der Waals surface area (Å²) in [4.78, 5) is 2.56. The lowest BCUT2D eigenvalue weighted by atomic mass is 9.96. The summed E-state index contributed by atoms with van der Waals surface area (Å²) in [5.41, 5.74) is 1.53. The van der Waals surface area contributed by atoms with E-state index < -0.39 is 0 Å². The molecule has 3 nitrogen and oxygen atoms in total. The standard InChI is InChI=1S/C13H21NO2/c1-2-8-14(9-3-1)12-4-6-13(7-5-12)15-10-11-16-13/h4H,1-3,5-11H2. The third-order valence-electron chi connectivity index (χ3n) is 3.99. The van der Waals surface area contributed by atoms with Crippen molar-refractivity contribution in [1.29, 1.82) is 0 Å². The van der Waals surface area contributed by atoms with Crippen LogP contribution in [0, 0.1) is 0 Å². The van der Waals surface area contributed by atoms with Crippen molar-refractivity contribution in [1.82, 2.24) is 4.90 Å². The molecule has 3 aliphatic rings. The van der Waals surface area contributed by atoms with E-state index in [1.807, 2.05) is 0 Å². The van der Waals surface area contributed by atoms with Gasteiger partial charge < -0.3 is 14.4 Å². The van der Waals surface area contributed by atoms with Gasteiger partial charge in [0.2, 0.25) is 0 Å². The highest BCUT2D eigenvalue weighted by molar-refractivity contribution is 5.09. The highest BCUT2D eigenvalue weighted by Gasteiger charge is 2.38. The van der Waals surface area contributed by atoms with E-state index in [2.05, 4.69) is 11.0 Å². The number of hydrogen-bond donors (Lipinski definition) is 0. The molecule has 90 valence electrons. The second-order valence-corrected chi connectivity index (χ2v) is 5.05. The maximum Gasteiger partial charge on any atom is 0.172 e. The summed E-state index contributed by atoms with van der Waals surface area (Å²) in [7, 11) is 0. The van der Waals surface area contributed by atoms with Crippen molar-refractivity contribution < 1.29 is 9.47 Å². The minimum absolute atomic E-state index is 0.251. The monoisotopic (exact) mass is 223 g/mol. The number of allylic oxidation sites excluding steroid dienone is 1. The Hall–Kier alpha value is -0.540. The zero-order valence-electron chi connectivity index (χ0n) is 9.91. The number of piperidine rings is 1. The fraction of sp³-hybridized carbons (Fsp3) is 0.846. The van der Waals surface area contributed by atoms with Gasteiger partial charge >= 0.3 is 0 Å². The van der Waals surface area contributed by atoms with Crippen LogP contribution in [0.2, 0.25) is 0 Å². The molecule has 0 atom stereocenters. The number of ether oxygens (including phenoxy) is 2. The summed E-state index contributed by atoms with van der Waals surface area (Å²) in [6.07, 6.45) is 9.57. The molecule has 0 aromatic carbocycles. The van der Waals surface area contributed by atoms with E-state index in [0.29, 0.717) is 0 Å². The molecule has 0 N–H and O–H groups in total. The SMILES string of the molecule is C1=C(N2CCCCC2)CCC2(C1)OCCO2. The van der Waals surface area contributed by atoms with Gasteiger partial charge in [-0.25, -0.2) is 0 Å². The van der Waals surface area contributed by atoms with Gasteiger partial charge in [-0.15, -0.1) is 0 Å². The Morgan fingerprint density at radius 1 is 1.06 bits per heavy atom. The molecule has 2 fully saturated rings. The minimum atomic E-state index is -0.251. The topological polar surface area (TPSA) is 21.7 Å². The van der Waals surface area contributed by atoms with E-state index >= 15 is 0 Å². The molecule has 1 spiro atoms. The fourth-order valence-electron chi connectivity index (χ4n) is 3.02. The van der Waals surface area contributed by atoms with Crippen LogP contribution in [0.3, 0.4) is 0 Å². The number of nitrogens with zero attached hydrogens (tertiary/aromatic N) is 1. The van der Waals surface area contributed by atoms with Crippen LogP contribution >= 0.6 is 0 Å². The molecule has 3 heteroatoms. The molecular formula is C13H21NO2. The van der Waals surface area contributed by atoms with Crippen LogP contribution in [0.15, 0.2) is 11.8 Å². The molecule has 0 saturated carbocycles. The fourth-order valence-corrected chi connectivity index (χ4v) is 3.02. The minimum Gasteiger partial charge on any atom is -0.375 e. The molecule has 0 radical (unpaired) electrons. The smallest absolute Gasteiger partial charge is 0.172 e. The molecule has 0 bridgehead atoms. The summed E-state index contributed by atoms with van der Waals surface area (Å²) in [5, 5.41) is 0. The largest absolute Gasteiger partial charge is 0.375 e. The number of hydrogen-bond acceptors (Lipinski definition) is 3. The first-order valence-electron chi connectivity index (χ1n) is 6.60. The average Bonchev–Trinajstić information content (AvgIpc) is 2.80. The first-order valence-corrected chi connectivity index (χ1v) is 6.60. The van der Waals surface area contributed by atoms with Gasteiger partial charge in [-0.05, 0) is 25.7 Å². The second-order valence-electron chi connectivity index (χ2n) is 5.05. The number of likely N-dealkylation sites (tertiary alicyclic amines) is 1. The van der Waals surface area contributed by atoms with E-state index in [4.69, 9.17) is 9.47 Å². The summed E-state index contributed by atoms with van der Waals surface area (Å²) >= 11 is 0. The summed E-state index contributed by atoms with van der Waals surface area (Å²) in [5.74, 6) is -0.251. The van der Waals surface area contributed by atoms with Crippen LogP contribution < -0.4 is 0 Å². The Balaban J connectivity index is 1.63. The molecule has 2 aliphatic heterocycles. The Kier molecular flexibility index (Phi) is 2.90. The van der Waals surface area contributed by atoms with Crippen LogP contribution in [-0.4, -0.2) is 37.0 Å². The third kappa shape index (κ3) is 1.98. The van der Waals surface area contributed by atoms with Crippen molar-refractivity contribution in [2.75, 3.05) is 26.3 Å². The molecule has 0 unspecified atom stereocenters. The van der Waals surface area contributed by atoms with Gasteiger partial charge in [0.1, 0.15) is 0 Å². The molecule has 0 amide bonds. The lowest BCUT2D eigenvalue weighted by Gasteiger charge is -2.37. The molecule has 16 heavy (non-hydrogen) atoms. The van der Waals surface area contributed by atoms with E-state index in [1.54, 1.807) is 0 Å². The molecule has 1 aliphatic carbocycles. The number of rotatable bonds is 1. The van der Waals surface area contributed by atoms with Gasteiger partial charge in [0, 0.05) is 31.6 Å². The maximum absolute atomic E-state index is 5.73. The lowest BCUT2D eigenvalue weighted by Crippen LogP contribution is -2.36. The quantitative estimate of drug-likeness (QED) is 0.680. The van der Waals surface area contributed by atoms with Crippen molar-refractivity contribution in [2.45, 2.75) is 44.3 Å². The Morgan fingerprint density at radius 3 is 2.44 bits per heavy atom. The van der Waals surface area contributed by atoms with Gasteiger partial charge in [0.15, 0.2) is 5.79 Å². The zero-order valence-corrected chi connectivity index (χ0v) is 9.91. The first kappa shape index (κ1) is 10.6. The average molecular weight is 223 g/mol. The molecule has 2 heterocycles. The normalized spacial score (nSPS) is 29.5. The van der Waals surface area contributed by atoms with Crippen molar-refractivity contribution in [3.8, 4) is 0 Å². The van der Waals surface area contributed by atoms with Crippen LogP contribution in [0.4, 0.5) is 0 Å². The summed E-state index contributed by atoms with van der Waals surface area (Å²) in [6, 6.07) is 0. The van der Waals surface area contributed by atoms with Gasteiger partial charge in [0.05, 0.1) is 13.2 Å². The Labute approximate surface area is 97.4 Å². The van der Waals surface area contributed by atoms with Gasteiger partial charge in [0.25, 0.3) is 0 Å². The first-order chi connectivity index (χ1) is 7.88. The molecule has 0 aromatic rings. The van der Waals surface area contributed by atoms with Crippen molar-refractivity contribution in [3.63, 3.8) is 0 Å². The van der Waals surface area contributed by atoms with E-state index in [0.717, 1.165) is 32.5 Å². The van der Waals surface area contributed by atoms with Crippen molar-refractivity contribution in [2.24, 2.45) is 0 Å². The predicted molar refractivity (Wildman–Crippen MR) is 62.0 cm³/mol. The zero-order chi connectivity index (χ0) is 10.8. The highest BCUT2D eigenvalue weighted by Crippen LogP contribution is 2.36. The van der Waals surface area contributed by atoms with Crippen molar-refractivity contribution in [3.05, 3.63) is 11.8 Å². The second kappa shape index (κ2) is 4.38. The van der Waals surface area contributed by atoms with E-state index in [-0.39, 0.29) is 5.79 Å². The summed E-state index contributed by atoms with van der Waals surface area (Å²) in [6.45, 7) is 4.04. The van der Waals surface area contributed by atoms with Crippen LogP contribution in [0.1, 0.15) is 38.5 Å². The van der Waals surface area contributed by atoms with Crippen molar-refractivity contribution >= 4 is 0 Å². The van der Waals surface area contributed by atoms with E-state index in [9.17, 15) is 0 Å². The van der Waals surface area contributed by atoms with Crippen LogP contribution in [0.25, 0.3) is 0 Å². The predicted octanol–water partition coefficient (Wildman–Crippen LogP) is 2.28. The molecule has 2 saturated heterocycles. The third-order valence-corrected chi connectivity index (χ3v) is 3.99. The Morgan fingerprint density at radius 2 is 1.81 bits per heavy atom. The Bertz CT molecular complexity index is 276.